The van der Waals surface area contributed by atoms with Gasteiger partial charge in [-0.1, -0.05) is 13.8 Å². The molecule has 0 spiro atoms. The fourth-order valence-electron chi connectivity index (χ4n) is 1.93. The fourth-order valence-corrected chi connectivity index (χ4v) is 1.93. The topological polar surface area (TPSA) is 61.8 Å². The van der Waals surface area contributed by atoms with Crippen molar-refractivity contribution < 1.29 is 14.6 Å². The maximum Gasteiger partial charge on any atom is 0.238 e. The number of anilines is 1. The van der Waals surface area contributed by atoms with E-state index in [-0.39, 0.29) is 12.5 Å². The minimum Gasteiger partial charge on any atom is -0.494 e. The molecule has 5 heteroatoms. The summed E-state index contributed by atoms with van der Waals surface area (Å²) in [7, 11) is 0. The lowest BCUT2D eigenvalue weighted by Crippen LogP contribution is -2.32. The number of carbonyl (C=O) groups is 1. The van der Waals surface area contributed by atoms with Gasteiger partial charge in [-0.15, -0.1) is 0 Å². The van der Waals surface area contributed by atoms with Crippen molar-refractivity contribution in [3.05, 3.63) is 23.8 Å². The van der Waals surface area contributed by atoms with Gasteiger partial charge >= 0.3 is 0 Å². The average Bonchev–Trinajstić information content (AvgIpc) is 2.46. The summed E-state index contributed by atoms with van der Waals surface area (Å²) in [6.45, 7) is 8.42. The van der Waals surface area contributed by atoms with Crippen molar-refractivity contribution in [2.45, 2.75) is 27.4 Å². The highest BCUT2D eigenvalue weighted by Gasteiger charge is 2.09. The van der Waals surface area contributed by atoms with Gasteiger partial charge in [-0.05, 0) is 38.2 Å². The summed E-state index contributed by atoms with van der Waals surface area (Å²) < 4.78 is 5.41. The van der Waals surface area contributed by atoms with Crippen molar-refractivity contribution in [3.8, 4) is 5.75 Å². The Morgan fingerprint density at radius 3 is 2.55 bits per heavy atom. The zero-order valence-electron chi connectivity index (χ0n) is 12.5. The first-order chi connectivity index (χ1) is 9.64. The van der Waals surface area contributed by atoms with Crippen LogP contribution in [0.1, 0.15) is 26.3 Å². The van der Waals surface area contributed by atoms with Gasteiger partial charge in [0, 0.05) is 11.3 Å². The minimum absolute atomic E-state index is 0.0539. The largest absolute Gasteiger partial charge is 0.494 e. The molecule has 0 radical (unpaired) electrons. The van der Waals surface area contributed by atoms with Crippen LogP contribution in [0.25, 0.3) is 0 Å². The van der Waals surface area contributed by atoms with Gasteiger partial charge in [0.25, 0.3) is 0 Å². The van der Waals surface area contributed by atoms with E-state index in [9.17, 15) is 9.90 Å². The van der Waals surface area contributed by atoms with Crippen LogP contribution in [-0.4, -0.2) is 42.2 Å². The second-order valence-corrected chi connectivity index (χ2v) is 4.42. The summed E-state index contributed by atoms with van der Waals surface area (Å²) in [5, 5.41) is 12.2. The molecule has 1 aromatic rings. The number of benzene rings is 1. The van der Waals surface area contributed by atoms with E-state index < -0.39 is 0 Å². The van der Waals surface area contributed by atoms with E-state index in [0.717, 1.165) is 13.1 Å². The van der Waals surface area contributed by atoms with E-state index in [2.05, 4.69) is 5.32 Å². The van der Waals surface area contributed by atoms with Crippen LogP contribution < -0.4 is 10.1 Å². The van der Waals surface area contributed by atoms with Crippen molar-refractivity contribution in [3.63, 3.8) is 0 Å². The Balaban J connectivity index is 2.70. The SMILES string of the molecule is CCOc1ccc(NC(=O)CN(CC)CC)cc1CO. The Labute approximate surface area is 120 Å². The minimum atomic E-state index is -0.116. The molecule has 0 aliphatic heterocycles. The Bertz CT molecular complexity index is 431. The summed E-state index contributed by atoms with van der Waals surface area (Å²) in [6.07, 6.45) is 0. The summed E-state index contributed by atoms with van der Waals surface area (Å²) in [5.74, 6) is 0.596. The van der Waals surface area contributed by atoms with Gasteiger partial charge in [0.05, 0.1) is 19.8 Å². The number of hydrogen-bond acceptors (Lipinski definition) is 4. The Morgan fingerprint density at radius 1 is 1.30 bits per heavy atom. The molecule has 5 nitrogen and oxygen atoms in total. The molecule has 2 N–H and O–H groups in total. The molecule has 0 atom stereocenters. The predicted octanol–water partition coefficient (Wildman–Crippen LogP) is 1.86. The Morgan fingerprint density at radius 2 is 2.00 bits per heavy atom. The van der Waals surface area contributed by atoms with Crippen LogP contribution in [0.3, 0.4) is 0 Å². The molecule has 1 aromatic carbocycles. The molecule has 0 aliphatic rings. The van der Waals surface area contributed by atoms with Gasteiger partial charge in [0.1, 0.15) is 5.75 Å². The number of likely N-dealkylation sites (N-methyl/N-ethyl adjacent to an activating group) is 1. The zero-order chi connectivity index (χ0) is 15.0. The van der Waals surface area contributed by atoms with Crippen molar-refractivity contribution in [2.75, 3.05) is 31.6 Å². The first-order valence-corrected chi connectivity index (χ1v) is 7.03. The van der Waals surface area contributed by atoms with Gasteiger partial charge in [-0.25, -0.2) is 0 Å². The van der Waals surface area contributed by atoms with Crippen LogP contribution in [0.5, 0.6) is 5.75 Å². The monoisotopic (exact) mass is 280 g/mol. The van der Waals surface area contributed by atoms with E-state index in [1.54, 1.807) is 18.2 Å². The highest BCUT2D eigenvalue weighted by atomic mass is 16.5. The molecule has 0 saturated heterocycles. The van der Waals surface area contributed by atoms with Crippen LogP contribution >= 0.6 is 0 Å². The van der Waals surface area contributed by atoms with E-state index in [0.29, 0.717) is 30.2 Å². The lowest BCUT2D eigenvalue weighted by Gasteiger charge is -2.17. The zero-order valence-corrected chi connectivity index (χ0v) is 12.5. The maximum atomic E-state index is 11.9. The molecule has 0 heterocycles. The summed E-state index contributed by atoms with van der Waals surface area (Å²) in [5.41, 5.74) is 1.35. The summed E-state index contributed by atoms with van der Waals surface area (Å²) in [4.78, 5) is 13.9. The number of hydrogen-bond donors (Lipinski definition) is 2. The van der Waals surface area contributed by atoms with Gasteiger partial charge < -0.3 is 15.2 Å². The normalized spacial score (nSPS) is 10.7. The molecule has 0 unspecified atom stereocenters. The summed E-state index contributed by atoms with van der Waals surface area (Å²) in [6, 6.07) is 5.29. The molecule has 1 amide bonds. The van der Waals surface area contributed by atoms with Crippen LogP contribution in [0.15, 0.2) is 18.2 Å². The van der Waals surface area contributed by atoms with Crippen LogP contribution in [0.4, 0.5) is 5.69 Å². The van der Waals surface area contributed by atoms with E-state index >= 15 is 0 Å². The van der Waals surface area contributed by atoms with E-state index in [1.165, 1.54) is 0 Å². The lowest BCUT2D eigenvalue weighted by atomic mass is 10.2. The quantitative estimate of drug-likeness (QED) is 0.763. The van der Waals surface area contributed by atoms with Crippen LogP contribution in [0.2, 0.25) is 0 Å². The Kier molecular flexibility index (Phi) is 7.04. The third kappa shape index (κ3) is 4.83. The number of ether oxygens (including phenoxy) is 1. The number of aliphatic hydroxyl groups is 1. The average molecular weight is 280 g/mol. The fraction of sp³-hybridized carbons (Fsp3) is 0.533. The number of rotatable bonds is 8. The molecular weight excluding hydrogens is 256 g/mol. The number of nitrogens with zero attached hydrogens (tertiary/aromatic N) is 1. The first kappa shape index (κ1) is 16.5. The second-order valence-electron chi connectivity index (χ2n) is 4.42. The molecule has 112 valence electrons. The van der Waals surface area contributed by atoms with Gasteiger partial charge in [0.15, 0.2) is 0 Å². The molecule has 0 aliphatic carbocycles. The third-order valence-corrected chi connectivity index (χ3v) is 3.08. The van der Waals surface area contributed by atoms with Gasteiger partial charge in [-0.3, -0.25) is 9.69 Å². The van der Waals surface area contributed by atoms with E-state index in [4.69, 9.17) is 4.74 Å². The smallest absolute Gasteiger partial charge is 0.238 e. The van der Waals surface area contributed by atoms with Gasteiger partial charge in [0.2, 0.25) is 5.91 Å². The van der Waals surface area contributed by atoms with Gasteiger partial charge in [-0.2, -0.15) is 0 Å². The van der Waals surface area contributed by atoms with E-state index in [1.807, 2.05) is 25.7 Å². The predicted molar refractivity (Wildman–Crippen MR) is 80.0 cm³/mol. The van der Waals surface area contributed by atoms with Crippen molar-refractivity contribution >= 4 is 11.6 Å². The molecule has 0 fully saturated rings. The molecule has 1 rings (SSSR count). The van der Waals surface area contributed by atoms with Crippen LogP contribution in [-0.2, 0) is 11.4 Å². The molecule has 0 aromatic heterocycles. The standard InChI is InChI=1S/C15H24N2O3/c1-4-17(5-2)10-15(19)16-13-7-8-14(20-6-3)12(9-13)11-18/h7-9,18H,4-6,10-11H2,1-3H3,(H,16,19). The van der Waals surface area contributed by atoms with Crippen molar-refractivity contribution in [2.24, 2.45) is 0 Å². The molecule has 20 heavy (non-hydrogen) atoms. The first-order valence-electron chi connectivity index (χ1n) is 7.03. The highest BCUT2D eigenvalue weighted by molar-refractivity contribution is 5.92. The number of carbonyl (C=O) groups excluding carboxylic acids is 1. The number of amides is 1. The Hall–Kier alpha value is -1.59. The third-order valence-electron chi connectivity index (χ3n) is 3.08. The van der Waals surface area contributed by atoms with Crippen molar-refractivity contribution in [1.82, 2.24) is 4.90 Å². The lowest BCUT2D eigenvalue weighted by molar-refractivity contribution is -0.117. The molecule has 0 saturated carbocycles. The number of nitrogens with one attached hydrogen (secondary N) is 1. The highest BCUT2D eigenvalue weighted by Crippen LogP contribution is 2.23. The summed E-state index contributed by atoms with van der Waals surface area (Å²) >= 11 is 0. The van der Waals surface area contributed by atoms with Crippen molar-refractivity contribution in [1.29, 1.82) is 0 Å². The number of aliphatic hydroxyl groups excluding tert-OH is 1. The molecule has 0 bridgehead atoms. The maximum absolute atomic E-state index is 11.9. The molecular formula is C15H24N2O3. The second kappa shape index (κ2) is 8.55. The van der Waals surface area contributed by atoms with Crippen LogP contribution in [0, 0.1) is 0 Å².